The SMILES string of the molecule is COc1ccc(NC(=O)OC(C)(C)C)c2sc(C(N)=O)c(N)c12. The van der Waals surface area contributed by atoms with Crippen LogP contribution in [0, 0.1) is 0 Å². The van der Waals surface area contributed by atoms with Gasteiger partial charge in [0, 0.05) is 0 Å². The summed E-state index contributed by atoms with van der Waals surface area (Å²) in [6, 6.07) is 3.31. The van der Waals surface area contributed by atoms with Crippen molar-refractivity contribution in [1.29, 1.82) is 0 Å². The first kappa shape index (κ1) is 16.9. The summed E-state index contributed by atoms with van der Waals surface area (Å²) in [6.07, 6.45) is -0.600. The number of hydrogen-bond acceptors (Lipinski definition) is 6. The van der Waals surface area contributed by atoms with Crippen molar-refractivity contribution >= 4 is 44.8 Å². The number of anilines is 2. The van der Waals surface area contributed by atoms with Gasteiger partial charge < -0.3 is 20.9 Å². The molecule has 2 amide bonds. The van der Waals surface area contributed by atoms with Crippen LogP contribution in [-0.2, 0) is 4.74 Å². The Hall–Kier alpha value is -2.48. The molecular weight excluding hydrogens is 318 g/mol. The van der Waals surface area contributed by atoms with E-state index in [2.05, 4.69) is 5.32 Å². The number of amides is 2. The van der Waals surface area contributed by atoms with E-state index in [1.165, 1.54) is 7.11 Å². The number of carbonyl (C=O) groups excluding carboxylic acids is 2. The van der Waals surface area contributed by atoms with Gasteiger partial charge in [0.15, 0.2) is 0 Å². The van der Waals surface area contributed by atoms with Crippen LogP contribution in [0.4, 0.5) is 16.2 Å². The van der Waals surface area contributed by atoms with Gasteiger partial charge in [-0.25, -0.2) is 4.79 Å². The third kappa shape index (κ3) is 3.48. The molecule has 1 aromatic heterocycles. The van der Waals surface area contributed by atoms with Gasteiger partial charge in [0.2, 0.25) is 0 Å². The Morgan fingerprint density at radius 3 is 2.43 bits per heavy atom. The first-order chi connectivity index (χ1) is 10.6. The number of thiophene rings is 1. The molecule has 0 saturated carbocycles. The topological polar surface area (TPSA) is 117 Å². The molecule has 0 aliphatic carbocycles. The van der Waals surface area contributed by atoms with E-state index in [-0.39, 0.29) is 10.6 Å². The highest BCUT2D eigenvalue weighted by molar-refractivity contribution is 7.22. The maximum absolute atomic E-state index is 12.0. The van der Waals surface area contributed by atoms with Crippen LogP contribution in [0.1, 0.15) is 30.4 Å². The van der Waals surface area contributed by atoms with E-state index in [1.807, 2.05) is 0 Å². The lowest BCUT2D eigenvalue weighted by Gasteiger charge is -2.20. The summed E-state index contributed by atoms with van der Waals surface area (Å²) in [7, 11) is 1.50. The number of primary amides is 1. The summed E-state index contributed by atoms with van der Waals surface area (Å²) < 4.78 is 11.1. The monoisotopic (exact) mass is 337 g/mol. The van der Waals surface area contributed by atoms with E-state index in [4.69, 9.17) is 20.9 Å². The van der Waals surface area contributed by atoms with Gasteiger partial charge in [-0.2, -0.15) is 0 Å². The van der Waals surface area contributed by atoms with Gasteiger partial charge >= 0.3 is 6.09 Å². The average Bonchev–Trinajstić information content (AvgIpc) is 2.76. The van der Waals surface area contributed by atoms with E-state index < -0.39 is 17.6 Å². The second-order valence-electron chi connectivity index (χ2n) is 5.86. The summed E-state index contributed by atoms with van der Waals surface area (Å²) in [4.78, 5) is 23.7. The number of ether oxygens (including phenoxy) is 2. The lowest BCUT2D eigenvalue weighted by Crippen LogP contribution is -2.27. The van der Waals surface area contributed by atoms with E-state index in [0.29, 0.717) is 21.5 Å². The molecule has 7 nitrogen and oxygen atoms in total. The first-order valence-electron chi connectivity index (χ1n) is 6.83. The minimum Gasteiger partial charge on any atom is -0.496 e. The molecule has 0 fully saturated rings. The molecular formula is C15H19N3O4S. The van der Waals surface area contributed by atoms with Gasteiger partial charge in [0.25, 0.3) is 5.91 Å². The molecule has 0 unspecified atom stereocenters. The highest BCUT2D eigenvalue weighted by Crippen LogP contribution is 2.43. The fourth-order valence-corrected chi connectivity index (χ4v) is 3.12. The molecule has 8 heteroatoms. The van der Waals surface area contributed by atoms with Gasteiger partial charge in [-0.1, -0.05) is 0 Å². The Bertz CT molecular complexity index is 777. The van der Waals surface area contributed by atoms with Gasteiger partial charge in [0.1, 0.15) is 16.2 Å². The number of nitrogens with one attached hydrogen (secondary N) is 1. The van der Waals surface area contributed by atoms with Crippen LogP contribution < -0.4 is 21.5 Å². The van der Waals surface area contributed by atoms with Crippen molar-refractivity contribution in [3.05, 3.63) is 17.0 Å². The number of rotatable bonds is 3. The quantitative estimate of drug-likeness (QED) is 0.796. The lowest BCUT2D eigenvalue weighted by molar-refractivity contribution is 0.0636. The van der Waals surface area contributed by atoms with E-state index >= 15 is 0 Å². The zero-order valence-electron chi connectivity index (χ0n) is 13.4. The Labute approximate surface area is 137 Å². The third-order valence-corrected chi connectivity index (χ3v) is 4.17. The highest BCUT2D eigenvalue weighted by Gasteiger charge is 2.22. The van der Waals surface area contributed by atoms with E-state index in [9.17, 15) is 9.59 Å². The van der Waals surface area contributed by atoms with Crippen LogP contribution in [-0.4, -0.2) is 24.7 Å². The maximum atomic E-state index is 12.0. The summed E-state index contributed by atoms with van der Waals surface area (Å²) in [5.41, 5.74) is 11.4. The Morgan fingerprint density at radius 1 is 1.26 bits per heavy atom. The van der Waals surface area contributed by atoms with Crippen molar-refractivity contribution < 1.29 is 19.1 Å². The van der Waals surface area contributed by atoms with Gasteiger partial charge in [-0.3, -0.25) is 10.1 Å². The van der Waals surface area contributed by atoms with Crippen molar-refractivity contribution in [2.75, 3.05) is 18.2 Å². The third-order valence-electron chi connectivity index (χ3n) is 2.92. The minimum atomic E-state index is -0.631. The number of nitrogen functional groups attached to an aromatic ring is 1. The molecule has 0 spiro atoms. The van der Waals surface area contributed by atoms with Crippen molar-refractivity contribution in [2.24, 2.45) is 5.73 Å². The molecule has 0 atom stereocenters. The molecule has 2 rings (SSSR count). The Balaban J connectivity index is 2.52. The summed E-state index contributed by atoms with van der Waals surface area (Å²) in [6.45, 7) is 5.31. The molecule has 124 valence electrons. The smallest absolute Gasteiger partial charge is 0.412 e. The maximum Gasteiger partial charge on any atom is 0.412 e. The lowest BCUT2D eigenvalue weighted by atomic mass is 10.1. The first-order valence-corrected chi connectivity index (χ1v) is 7.64. The number of methoxy groups -OCH3 is 1. The van der Waals surface area contributed by atoms with Crippen molar-refractivity contribution in [3.63, 3.8) is 0 Å². The number of fused-ring (bicyclic) bond motifs is 1. The summed E-state index contributed by atoms with van der Waals surface area (Å²) in [5.74, 6) is -0.134. The fourth-order valence-electron chi connectivity index (χ4n) is 2.06. The molecule has 5 N–H and O–H groups in total. The molecule has 0 saturated heterocycles. The van der Waals surface area contributed by atoms with E-state index in [1.54, 1.807) is 32.9 Å². The van der Waals surface area contributed by atoms with Crippen LogP contribution in [0.2, 0.25) is 0 Å². The largest absolute Gasteiger partial charge is 0.496 e. The van der Waals surface area contributed by atoms with Crippen molar-refractivity contribution in [3.8, 4) is 5.75 Å². The molecule has 2 aromatic rings. The molecule has 1 heterocycles. The molecule has 23 heavy (non-hydrogen) atoms. The Kier molecular flexibility index (Phi) is 4.37. The van der Waals surface area contributed by atoms with Crippen molar-refractivity contribution in [1.82, 2.24) is 0 Å². The van der Waals surface area contributed by atoms with Crippen LogP contribution in [0.5, 0.6) is 5.75 Å². The predicted octanol–water partition coefficient (Wildman–Crippen LogP) is 2.94. The summed E-state index contributed by atoms with van der Waals surface area (Å²) in [5, 5.41) is 3.20. The molecule has 0 radical (unpaired) electrons. The number of benzene rings is 1. The van der Waals surface area contributed by atoms with Crippen LogP contribution in [0.3, 0.4) is 0 Å². The van der Waals surface area contributed by atoms with Crippen LogP contribution in [0.15, 0.2) is 12.1 Å². The molecule has 1 aromatic carbocycles. The standard InChI is InChI=1S/C15H19N3O4S/c1-15(2,3)22-14(20)18-7-5-6-8(21-4)9-10(16)12(13(17)19)23-11(7)9/h5-6H,16H2,1-4H3,(H2,17,19)(H,18,20). The average molecular weight is 337 g/mol. The zero-order chi connectivity index (χ0) is 17.4. The second kappa shape index (κ2) is 5.96. The normalized spacial score (nSPS) is 11.3. The van der Waals surface area contributed by atoms with Crippen LogP contribution >= 0.6 is 11.3 Å². The Morgan fingerprint density at radius 2 is 1.91 bits per heavy atom. The predicted molar refractivity (Wildman–Crippen MR) is 91.2 cm³/mol. The molecule has 0 aliphatic rings. The number of nitrogens with two attached hydrogens (primary N) is 2. The highest BCUT2D eigenvalue weighted by atomic mass is 32.1. The zero-order valence-corrected chi connectivity index (χ0v) is 14.2. The van der Waals surface area contributed by atoms with Gasteiger partial charge in [-0.05, 0) is 32.9 Å². The van der Waals surface area contributed by atoms with E-state index in [0.717, 1.165) is 11.3 Å². The minimum absolute atomic E-state index is 0.219. The van der Waals surface area contributed by atoms with Gasteiger partial charge in [-0.15, -0.1) is 11.3 Å². The van der Waals surface area contributed by atoms with Crippen LogP contribution in [0.25, 0.3) is 10.1 Å². The fraction of sp³-hybridized carbons (Fsp3) is 0.333. The second-order valence-corrected chi connectivity index (χ2v) is 6.88. The number of carbonyl (C=O) groups is 2. The molecule has 0 aliphatic heterocycles. The molecule has 0 bridgehead atoms. The summed E-state index contributed by atoms with van der Waals surface area (Å²) >= 11 is 1.10. The number of hydrogen-bond donors (Lipinski definition) is 3. The van der Waals surface area contributed by atoms with Gasteiger partial charge in [0.05, 0.1) is 28.6 Å². The van der Waals surface area contributed by atoms with Crippen molar-refractivity contribution in [2.45, 2.75) is 26.4 Å².